The van der Waals surface area contributed by atoms with Gasteiger partial charge in [-0.15, -0.1) is 23.7 Å². The third kappa shape index (κ3) is 6.35. The van der Waals surface area contributed by atoms with E-state index in [0.29, 0.717) is 0 Å². The standard InChI is InChI=1S/C19H22FNS.ClH/c1-19(2,3)11-6-5-7-12-21(4)14-16-10-8-9-15-13-17(20)22-18(15)16;/h5,7-10,13H,12,14H2,1-4H3;1H/b7-5+;. The summed E-state index contributed by atoms with van der Waals surface area (Å²) in [5.74, 6) is 6.25. The highest BCUT2D eigenvalue weighted by Crippen LogP contribution is 2.28. The smallest absolute Gasteiger partial charge is 0.177 e. The van der Waals surface area contributed by atoms with Crippen molar-refractivity contribution in [1.82, 2.24) is 4.90 Å². The molecular formula is C19H23ClFNS. The Morgan fingerprint density at radius 2 is 2.04 bits per heavy atom. The van der Waals surface area contributed by atoms with Crippen LogP contribution < -0.4 is 0 Å². The summed E-state index contributed by atoms with van der Waals surface area (Å²) >= 11 is 1.22. The van der Waals surface area contributed by atoms with Gasteiger partial charge in [-0.3, -0.25) is 4.90 Å². The number of nitrogens with zero attached hydrogens (tertiary/aromatic N) is 1. The number of benzene rings is 1. The maximum atomic E-state index is 13.4. The first kappa shape index (κ1) is 19.7. The van der Waals surface area contributed by atoms with Gasteiger partial charge in [-0.1, -0.05) is 36.1 Å². The average molecular weight is 352 g/mol. The fourth-order valence-corrected chi connectivity index (χ4v) is 3.01. The Morgan fingerprint density at radius 3 is 2.74 bits per heavy atom. The molecule has 1 aromatic heterocycles. The second-order valence-electron chi connectivity index (χ2n) is 6.50. The topological polar surface area (TPSA) is 3.24 Å². The van der Waals surface area contributed by atoms with E-state index < -0.39 is 0 Å². The molecule has 0 bridgehead atoms. The maximum absolute atomic E-state index is 13.4. The van der Waals surface area contributed by atoms with Crippen LogP contribution in [0.15, 0.2) is 36.4 Å². The van der Waals surface area contributed by atoms with Crippen molar-refractivity contribution in [3.63, 3.8) is 0 Å². The minimum Gasteiger partial charge on any atom is -0.298 e. The Kier molecular flexibility index (Phi) is 7.28. The highest BCUT2D eigenvalue weighted by molar-refractivity contribution is 7.17. The van der Waals surface area contributed by atoms with Crippen LogP contribution in [0.4, 0.5) is 4.39 Å². The molecule has 0 radical (unpaired) electrons. The molecule has 23 heavy (non-hydrogen) atoms. The molecule has 0 aliphatic carbocycles. The first-order valence-electron chi connectivity index (χ1n) is 7.38. The predicted octanol–water partition coefficient (Wildman–Crippen LogP) is 5.50. The van der Waals surface area contributed by atoms with Crippen LogP contribution >= 0.6 is 23.7 Å². The molecule has 0 atom stereocenters. The molecule has 0 N–H and O–H groups in total. The lowest BCUT2D eigenvalue weighted by Gasteiger charge is -2.14. The number of likely N-dealkylation sites (N-methyl/N-ethyl adjacent to an activating group) is 1. The lowest BCUT2D eigenvalue weighted by Crippen LogP contribution is -2.17. The minimum atomic E-state index is -0.123. The molecule has 0 spiro atoms. The molecule has 0 saturated heterocycles. The highest BCUT2D eigenvalue weighted by atomic mass is 35.5. The van der Waals surface area contributed by atoms with E-state index in [1.54, 1.807) is 6.07 Å². The minimum absolute atomic E-state index is 0. The quantitative estimate of drug-likeness (QED) is 0.657. The lowest BCUT2D eigenvalue weighted by molar-refractivity contribution is 0.365. The number of allylic oxidation sites excluding steroid dienone is 1. The van der Waals surface area contributed by atoms with Gasteiger partial charge in [-0.2, -0.15) is 4.39 Å². The van der Waals surface area contributed by atoms with Crippen LogP contribution in [-0.4, -0.2) is 18.5 Å². The van der Waals surface area contributed by atoms with Crippen molar-refractivity contribution in [2.45, 2.75) is 27.3 Å². The Balaban J connectivity index is 0.00000264. The molecule has 4 heteroatoms. The highest BCUT2D eigenvalue weighted by Gasteiger charge is 2.07. The molecule has 1 nitrogen and oxygen atoms in total. The van der Waals surface area contributed by atoms with Crippen LogP contribution in [0.2, 0.25) is 0 Å². The monoisotopic (exact) mass is 351 g/mol. The van der Waals surface area contributed by atoms with Gasteiger partial charge >= 0.3 is 0 Å². The number of halogens is 2. The van der Waals surface area contributed by atoms with Crippen molar-refractivity contribution >= 4 is 33.8 Å². The van der Waals surface area contributed by atoms with Gasteiger partial charge in [0.05, 0.1) is 0 Å². The van der Waals surface area contributed by atoms with Gasteiger partial charge in [-0.25, -0.2) is 0 Å². The molecule has 0 unspecified atom stereocenters. The summed E-state index contributed by atoms with van der Waals surface area (Å²) < 4.78 is 14.4. The van der Waals surface area contributed by atoms with Crippen molar-refractivity contribution in [3.05, 3.63) is 47.1 Å². The number of fused-ring (bicyclic) bond motifs is 1. The summed E-state index contributed by atoms with van der Waals surface area (Å²) in [7, 11) is 2.06. The first-order chi connectivity index (χ1) is 10.3. The molecule has 0 saturated carbocycles. The molecule has 2 aromatic rings. The second kappa shape index (κ2) is 8.49. The van der Waals surface area contributed by atoms with E-state index in [1.165, 1.54) is 16.9 Å². The predicted molar refractivity (Wildman–Crippen MR) is 102 cm³/mol. The Labute approximate surface area is 148 Å². The normalized spacial score (nSPS) is 11.6. The van der Waals surface area contributed by atoms with Gasteiger partial charge in [0.25, 0.3) is 0 Å². The summed E-state index contributed by atoms with van der Waals surface area (Å²) in [5, 5.41) is 0.863. The Hall–Kier alpha value is -1.34. The summed E-state index contributed by atoms with van der Waals surface area (Å²) in [4.78, 5) is 2.20. The third-order valence-electron chi connectivity index (χ3n) is 3.10. The molecule has 2 rings (SSSR count). The molecule has 124 valence electrons. The largest absolute Gasteiger partial charge is 0.298 e. The summed E-state index contributed by atoms with van der Waals surface area (Å²) in [5.41, 5.74) is 1.21. The van der Waals surface area contributed by atoms with Crippen LogP contribution in [0.1, 0.15) is 26.3 Å². The van der Waals surface area contributed by atoms with E-state index in [-0.39, 0.29) is 23.0 Å². The van der Waals surface area contributed by atoms with Crippen molar-refractivity contribution in [1.29, 1.82) is 0 Å². The van der Waals surface area contributed by atoms with Gasteiger partial charge in [0.2, 0.25) is 0 Å². The summed E-state index contributed by atoms with van der Waals surface area (Å²) in [6.45, 7) is 7.92. The summed E-state index contributed by atoms with van der Waals surface area (Å²) in [6, 6.07) is 7.62. The first-order valence-corrected chi connectivity index (χ1v) is 8.20. The zero-order chi connectivity index (χ0) is 16.2. The second-order valence-corrected chi connectivity index (χ2v) is 7.51. The van der Waals surface area contributed by atoms with Gasteiger partial charge in [0.1, 0.15) is 0 Å². The van der Waals surface area contributed by atoms with E-state index in [9.17, 15) is 4.39 Å². The molecule has 0 aliphatic heterocycles. The molecular weight excluding hydrogens is 329 g/mol. The molecule has 0 amide bonds. The average Bonchev–Trinajstić information content (AvgIpc) is 2.78. The van der Waals surface area contributed by atoms with E-state index in [1.807, 2.05) is 18.2 Å². The number of rotatable bonds is 4. The lowest BCUT2D eigenvalue weighted by atomic mass is 9.98. The van der Waals surface area contributed by atoms with E-state index >= 15 is 0 Å². The van der Waals surface area contributed by atoms with E-state index in [2.05, 4.69) is 56.7 Å². The van der Waals surface area contributed by atoms with Crippen LogP contribution in [-0.2, 0) is 6.54 Å². The van der Waals surface area contributed by atoms with Crippen LogP contribution in [0.5, 0.6) is 0 Å². The van der Waals surface area contributed by atoms with Gasteiger partial charge < -0.3 is 0 Å². The fourth-order valence-electron chi connectivity index (χ4n) is 2.12. The number of thiophene rings is 1. The fraction of sp³-hybridized carbons (Fsp3) is 0.368. The van der Waals surface area contributed by atoms with Gasteiger partial charge in [-0.05, 0) is 50.9 Å². The van der Waals surface area contributed by atoms with Crippen molar-refractivity contribution < 1.29 is 4.39 Å². The molecule has 1 aromatic carbocycles. The molecule has 0 fully saturated rings. The zero-order valence-corrected chi connectivity index (χ0v) is 15.7. The van der Waals surface area contributed by atoms with Gasteiger partial charge in [0, 0.05) is 23.2 Å². The van der Waals surface area contributed by atoms with Crippen molar-refractivity contribution in [2.24, 2.45) is 5.41 Å². The number of hydrogen-bond acceptors (Lipinski definition) is 2. The maximum Gasteiger partial charge on any atom is 0.177 e. The number of hydrogen-bond donors (Lipinski definition) is 0. The van der Waals surface area contributed by atoms with Crippen LogP contribution in [0.25, 0.3) is 10.1 Å². The SMILES string of the molecule is CN(C/C=C/C#CC(C)(C)C)Cc1cccc2cc(F)sc12.Cl. The Bertz CT molecular complexity index is 731. The van der Waals surface area contributed by atoms with Crippen LogP contribution in [0, 0.1) is 22.4 Å². The zero-order valence-electron chi connectivity index (χ0n) is 14.0. The van der Waals surface area contributed by atoms with Crippen LogP contribution in [0.3, 0.4) is 0 Å². The molecule has 1 heterocycles. The Morgan fingerprint density at radius 1 is 1.30 bits per heavy atom. The van der Waals surface area contributed by atoms with Crippen molar-refractivity contribution in [2.75, 3.05) is 13.6 Å². The van der Waals surface area contributed by atoms with Crippen molar-refractivity contribution in [3.8, 4) is 11.8 Å². The van der Waals surface area contributed by atoms with Gasteiger partial charge in [0.15, 0.2) is 5.13 Å². The summed E-state index contributed by atoms with van der Waals surface area (Å²) in [6.07, 6.45) is 3.97. The van der Waals surface area contributed by atoms with E-state index in [0.717, 1.165) is 23.2 Å². The molecule has 0 aliphatic rings. The third-order valence-corrected chi connectivity index (χ3v) is 4.12. The van der Waals surface area contributed by atoms with E-state index in [4.69, 9.17) is 0 Å².